The second kappa shape index (κ2) is 11.9. The third-order valence-electron chi connectivity index (χ3n) is 2.88. The molecule has 0 atom stereocenters. The van der Waals surface area contributed by atoms with Crippen molar-refractivity contribution in [2.45, 2.75) is 47.5 Å². The molecule has 4 heteroatoms. The molecular formula is C16H29NO2S. The van der Waals surface area contributed by atoms with E-state index in [1.807, 2.05) is 46.1 Å². The molecule has 1 amide bonds. The topological polar surface area (TPSA) is 38.3 Å². The molecule has 0 bridgehead atoms. The van der Waals surface area contributed by atoms with Gasteiger partial charge >= 0.3 is 0 Å². The Morgan fingerprint density at radius 1 is 1.30 bits per heavy atom. The molecule has 116 valence electrons. The van der Waals surface area contributed by atoms with E-state index in [4.69, 9.17) is 4.74 Å². The van der Waals surface area contributed by atoms with Gasteiger partial charge < -0.3 is 10.1 Å². The van der Waals surface area contributed by atoms with Crippen molar-refractivity contribution in [3.63, 3.8) is 0 Å². The van der Waals surface area contributed by atoms with E-state index in [0.29, 0.717) is 5.92 Å². The summed E-state index contributed by atoms with van der Waals surface area (Å²) in [7, 11) is 0. The van der Waals surface area contributed by atoms with Crippen LogP contribution in [-0.4, -0.2) is 25.7 Å². The van der Waals surface area contributed by atoms with Crippen LogP contribution in [0.5, 0.6) is 0 Å². The van der Waals surface area contributed by atoms with E-state index in [0.717, 1.165) is 38.2 Å². The fourth-order valence-electron chi connectivity index (χ4n) is 1.85. The zero-order valence-corrected chi connectivity index (χ0v) is 14.3. The van der Waals surface area contributed by atoms with Crippen LogP contribution >= 0.6 is 11.3 Å². The van der Waals surface area contributed by atoms with Crippen LogP contribution in [0.3, 0.4) is 0 Å². The average molecular weight is 299 g/mol. The highest BCUT2D eigenvalue weighted by Gasteiger charge is 2.15. The van der Waals surface area contributed by atoms with Crippen LogP contribution in [0.25, 0.3) is 0 Å². The zero-order chi connectivity index (χ0) is 15.4. The van der Waals surface area contributed by atoms with E-state index in [-0.39, 0.29) is 5.91 Å². The zero-order valence-electron chi connectivity index (χ0n) is 13.5. The number of hydrogen-bond acceptors (Lipinski definition) is 3. The number of rotatable bonds is 3. The predicted molar refractivity (Wildman–Crippen MR) is 87.6 cm³/mol. The summed E-state index contributed by atoms with van der Waals surface area (Å²) in [6, 6.07) is 1.93. The Morgan fingerprint density at radius 2 is 1.90 bits per heavy atom. The molecule has 1 fully saturated rings. The molecule has 1 aliphatic heterocycles. The largest absolute Gasteiger partial charge is 0.381 e. The summed E-state index contributed by atoms with van der Waals surface area (Å²) in [4.78, 5) is 12.9. The van der Waals surface area contributed by atoms with Gasteiger partial charge in [0.05, 0.1) is 5.56 Å². The lowest BCUT2D eigenvalue weighted by Gasteiger charge is -2.21. The summed E-state index contributed by atoms with van der Waals surface area (Å²) in [6.07, 6.45) is 2.12. The summed E-state index contributed by atoms with van der Waals surface area (Å²) >= 11 is 1.61. The maximum absolute atomic E-state index is 11.8. The van der Waals surface area contributed by atoms with Crippen molar-refractivity contribution in [2.24, 2.45) is 5.92 Å². The first-order valence-corrected chi connectivity index (χ1v) is 8.55. The smallest absolute Gasteiger partial charge is 0.252 e. The van der Waals surface area contributed by atoms with E-state index in [2.05, 4.69) is 5.32 Å². The second-order valence-electron chi connectivity index (χ2n) is 4.21. The number of nitrogens with one attached hydrogen (secondary N) is 1. The Labute approximate surface area is 127 Å². The van der Waals surface area contributed by atoms with Crippen LogP contribution in [0.15, 0.2) is 11.4 Å². The van der Waals surface area contributed by atoms with Crippen LogP contribution in [0.2, 0.25) is 0 Å². The summed E-state index contributed by atoms with van der Waals surface area (Å²) in [5.41, 5.74) is 0.787. The van der Waals surface area contributed by atoms with E-state index < -0.39 is 0 Å². The Balaban J connectivity index is 0.000000829. The van der Waals surface area contributed by atoms with Gasteiger partial charge in [-0.05, 0) is 31.7 Å². The number of thiophene rings is 1. The van der Waals surface area contributed by atoms with Crippen molar-refractivity contribution in [1.82, 2.24) is 5.32 Å². The Kier molecular flexibility index (Phi) is 11.4. The third kappa shape index (κ3) is 7.06. The molecule has 1 aromatic rings. The molecule has 1 saturated heterocycles. The highest BCUT2D eigenvalue weighted by Crippen LogP contribution is 2.15. The number of ether oxygens (including phenoxy) is 1. The first-order valence-electron chi connectivity index (χ1n) is 7.67. The van der Waals surface area contributed by atoms with Crippen LogP contribution in [0, 0.1) is 12.8 Å². The minimum atomic E-state index is 0.0517. The SMILES string of the molecule is CC.CC.Cc1cc(C(=O)NCC2CCOCC2)cs1. The number of amides is 1. The lowest BCUT2D eigenvalue weighted by atomic mass is 10.0. The van der Waals surface area contributed by atoms with Crippen molar-refractivity contribution in [3.05, 3.63) is 21.9 Å². The van der Waals surface area contributed by atoms with Gasteiger partial charge in [-0.3, -0.25) is 4.79 Å². The monoisotopic (exact) mass is 299 g/mol. The molecule has 0 radical (unpaired) electrons. The fraction of sp³-hybridized carbons (Fsp3) is 0.688. The molecule has 0 unspecified atom stereocenters. The Bertz CT molecular complexity index is 357. The first-order chi connectivity index (χ1) is 9.75. The highest BCUT2D eigenvalue weighted by atomic mass is 32.1. The molecule has 3 nitrogen and oxygen atoms in total. The lowest BCUT2D eigenvalue weighted by molar-refractivity contribution is 0.0643. The van der Waals surface area contributed by atoms with Crippen LogP contribution in [0.4, 0.5) is 0 Å². The number of carbonyl (C=O) groups is 1. The molecular weight excluding hydrogens is 270 g/mol. The Hall–Kier alpha value is -0.870. The minimum absolute atomic E-state index is 0.0517. The molecule has 0 aromatic carbocycles. The average Bonchev–Trinajstić information content (AvgIpc) is 2.96. The normalized spacial score (nSPS) is 14.4. The van der Waals surface area contributed by atoms with Crippen molar-refractivity contribution in [1.29, 1.82) is 0 Å². The molecule has 1 aromatic heterocycles. The van der Waals surface area contributed by atoms with Crippen molar-refractivity contribution >= 4 is 17.2 Å². The first kappa shape index (κ1) is 19.1. The van der Waals surface area contributed by atoms with Gasteiger partial charge in [0.15, 0.2) is 0 Å². The quantitative estimate of drug-likeness (QED) is 0.905. The van der Waals surface area contributed by atoms with Gasteiger partial charge in [-0.25, -0.2) is 0 Å². The number of aryl methyl sites for hydroxylation is 1. The standard InChI is InChI=1S/C12H17NO2S.2C2H6/c1-9-6-11(8-16-9)12(14)13-7-10-2-4-15-5-3-10;2*1-2/h6,8,10H,2-5,7H2,1H3,(H,13,14);2*1-2H3. The van der Waals surface area contributed by atoms with Crippen LogP contribution in [-0.2, 0) is 4.74 Å². The van der Waals surface area contributed by atoms with Crippen molar-refractivity contribution in [2.75, 3.05) is 19.8 Å². The minimum Gasteiger partial charge on any atom is -0.381 e. The molecule has 0 spiro atoms. The van der Waals surface area contributed by atoms with Gasteiger partial charge in [0.2, 0.25) is 0 Å². The maximum Gasteiger partial charge on any atom is 0.252 e. The van der Waals surface area contributed by atoms with Gasteiger partial charge in [-0.15, -0.1) is 11.3 Å². The number of hydrogen-bond donors (Lipinski definition) is 1. The lowest BCUT2D eigenvalue weighted by Crippen LogP contribution is -2.31. The van der Waals surface area contributed by atoms with Gasteiger partial charge in [0.1, 0.15) is 0 Å². The predicted octanol–water partition coefficient (Wildman–Crippen LogP) is 4.27. The molecule has 1 aliphatic rings. The van der Waals surface area contributed by atoms with E-state index in [1.54, 1.807) is 11.3 Å². The molecule has 0 saturated carbocycles. The summed E-state index contributed by atoms with van der Waals surface area (Å²) in [5.74, 6) is 0.633. The summed E-state index contributed by atoms with van der Waals surface area (Å²) in [5, 5.41) is 4.91. The molecule has 1 N–H and O–H groups in total. The van der Waals surface area contributed by atoms with E-state index in [9.17, 15) is 4.79 Å². The van der Waals surface area contributed by atoms with Crippen LogP contribution < -0.4 is 5.32 Å². The van der Waals surface area contributed by atoms with Gasteiger partial charge in [-0.2, -0.15) is 0 Å². The maximum atomic E-state index is 11.8. The third-order valence-corrected chi connectivity index (χ3v) is 3.75. The second-order valence-corrected chi connectivity index (χ2v) is 5.33. The van der Waals surface area contributed by atoms with Gasteiger partial charge in [0, 0.05) is 30.0 Å². The number of carbonyl (C=O) groups excluding carboxylic acids is 1. The molecule has 2 rings (SSSR count). The van der Waals surface area contributed by atoms with Crippen molar-refractivity contribution < 1.29 is 9.53 Å². The summed E-state index contributed by atoms with van der Waals surface area (Å²) in [6.45, 7) is 12.5. The van der Waals surface area contributed by atoms with E-state index >= 15 is 0 Å². The van der Waals surface area contributed by atoms with Gasteiger partial charge in [-0.1, -0.05) is 27.7 Å². The molecule has 0 aliphatic carbocycles. The highest BCUT2D eigenvalue weighted by molar-refractivity contribution is 7.10. The van der Waals surface area contributed by atoms with Gasteiger partial charge in [0.25, 0.3) is 5.91 Å². The van der Waals surface area contributed by atoms with E-state index in [1.165, 1.54) is 4.88 Å². The fourth-order valence-corrected chi connectivity index (χ4v) is 2.54. The van der Waals surface area contributed by atoms with Crippen molar-refractivity contribution in [3.8, 4) is 0 Å². The molecule has 2 heterocycles. The summed E-state index contributed by atoms with van der Waals surface area (Å²) < 4.78 is 5.28. The Morgan fingerprint density at radius 3 is 2.40 bits per heavy atom. The molecule has 20 heavy (non-hydrogen) atoms. The van der Waals surface area contributed by atoms with Crippen LogP contribution in [0.1, 0.15) is 55.8 Å².